The Bertz CT molecular complexity index is 370. The lowest BCUT2D eigenvalue weighted by Crippen LogP contribution is -2.27. The minimum absolute atomic E-state index is 0.0690. The Balaban J connectivity index is 2.23. The van der Waals surface area contributed by atoms with Crippen LogP contribution in [0.3, 0.4) is 0 Å². The standard InChI is InChI=1S/C12H20N4/c1-12(2,3)10-6-11(15-8-14-10)16-5-4-9(13)7-16/h6,8-9H,4-5,7,13H2,1-3H3. The highest BCUT2D eigenvalue weighted by molar-refractivity contribution is 5.41. The third-order valence-electron chi connectivity index (χ3n) is 2.97. The van der Waals surface area contributed by atoms with Crippen LogP contribution < -0.4 is 10.6 Å². The van der Waals surface area contributed by atoms with E-state index in [9.17, 15) is 0 Å². The molecule has 88 valence electrons. The lowest BCUT2D eigenvalue weighted by Gasteiger charge is -2.21. The molecule has 1 saturated heterocycles. The Morgan fingerprint density at radius 3 is 2.69 bits per heavy atom. The highest BCUT2D eigenvalue weighted by Crippen LogP contribution is 2.24. The summed E-state index contributed by atoms with van der Waals surface area (Å²) in [4.78, 5) is 10.9. The molecule has 1 fully saturated rings. The summed E-state index contributed by atoms with van der Waals surface area (Å²) in [5.41, 5.74) is 7.05. The van der Waals surface area contributed by atoms with Crippen LogP contribution in [0.4, 0.5) is 5.82 Å². The molecule has 1 aromatic rings. The topological polar surface area (TPSA) is 55.0 Å². The summed E-state index contributed by atoms with van der Waals surface area (Å²) in [6, 6.07) is 2.37. The van der Waals surface area contributed by atoms with Gasteiger partial charge in [-0.1, -0.05) is 20.8 Å². The van der Waals surface area contributed by atoms with Crippen molar-refractivity contribution in [1.29, 1.82) is 0 Å². The summed E-state index contributed by atoms with van der Waals surface area (Å²) in [5.74, 6) is 1.01. The Morgan fingerprint density at radius 1 is 1.38 bits per heavy atom. The van der Waals surface area contributed by atoms with Gasteiger partial charge in [-0.05, 0) is 6.42 Å². The normalized spacial score (nSPS) is 21.5. The summed E-state index contributed by atoms with van der Waals surface area (Å²) >= 11 is 0. The summed E-state index contributed by atoms with van der Waals surface area (Å²) in [6.45, 7) is 8.39. The van der Waals surface area contributed by atoms with Crippen LogP contribution in [0.5, 0.6) is 0 Å². The van der Waals surface area contributed by atoms with Gasteiger partial charge in [-0.3, -0.25) is 0 Å². The average Bonchev–Trinajstić information content (AvgIpc) is 2.64. The fourth-order valence-electron chi connectivity index (χ4n) is 1.93. The van der Waals surface area contributed by atoms with Gasteiger partial charge in [0.1, 0.15) is 12.1 Å². The zero-order valence-electron chi connectivity index (χ0n) is 10.3. The average molecular weight is 220 g/mol. The SMILES string of the molecule is CC(C)(C)c1cc(N2CCC(N)C2)ncn1. The van der Waals surface area contributed by atoms with Crippen LogP contribution in [0.1, 0.15) is 32.9 Å². The van der Waals surface area contributed by atoms with E-state index in [2.05, 4.69) is 41.7 Å². The Morgan fingerprint density at radius 2 is 2.12 bits per heavy atom. The third kappa shape index (κ3) is 2.32. The van der Waals surface area contributed by atoms with E-state index in [1.807, 2.05) is 0 Å². The van der Waals surface area contributed by atoms with Crippen LogP contribution in [0, 0.1) is 0 Å². The molecular weight excluding hydrogens is 200 g/mol. The van der Waals surface area contributed by atoms with Crippen LogP contribution in [0.15, 0.2) is 12.4 Å². The van der Waals surface area contributed by atoms with Crippen LogP contribution in [0.25, 0.3) is 0 Å². The van der Waals surface area contributed by atoms with Crippen molar-refractivity contribution in [2.75, 3.05) is 18.0 Å². The molecule has 0 spiro atoms. The fraction of sp³-hybridized carbons (Fsp3) is 0.667. The van der Waals surface area contributed by atoms with Crippen LogP contribution in [-0.2, 0) is 5.41 Å². The minimum Gasteiger partial charge on any atom is -0.355 e. The van der Waals surface area contributed by atoms with Crippen molar-refractivity contribution < 1.29 is 0 Å². The van der Waals surface area contributed by atoms with Crippen molar-refractivity contribution in [2.45, 2.75) is 38.6 Å². The number of nitrogens with zero attached hydrogens (tertiary/aromatic N) is 3. The summed E-state index contributed by atoms with van der Waals surface area (Å²) < 4.78 is 0. The van der Waals surface area contributed by atoms with Gasteiger partial charge >= 0.3 is 0 Å². The van der Waals surface area contributed by atoms with E-state index in [0.717, 1.165) is 31.0 Å². The van der Waals surface area contributed by atoms with E-state index in [4.69, 9.17) is 5.73 Å². The van der Waals surface area contributed by atoms with Crippen LogP contribution in [0.2, 0.25) is 0 Å². The predicted octanol–water partition coefficient (Wildman–Crippen LogP) is 1.31. The first-order valence-corrected chi connectivity index (χ1v) is 5.80. The summed E-state index contributed by atoms with van der Waals surface area (Å²) in [6.07, 6.45) is 2.70. The summed E-state index contributed by atoms with van der Waals surface area (Å²) in [7, 11) is 0. The van der Waals surface area contributed by atoms with E-state index in [1.54, 1.807) is 6.33 Å². The number of anilines is 1. The first kappa shape index (κ1) is 11.3. The quantitative estimate of drug-likeness (QED) is 0.775. The van der Waals surface area contributed by atoms with Gasteiger partial charge in [-0.2, -0.15) is 0 Å². The minimum atomic E-state index is 0.0690. The van der Waals surface area contributed by atoms with Gasteiger partial charge in [0.25, 0.3) is 0 Å². The molecule has 2 N–H and O–H groups in total. The van der Waals surface area contributed by atoms with E-state index in [1.165, 1.54) is 0 Å². The van der Waals surface area contributed by atoms with Gasteiger partial charge in [0, 0.05) is 30.6 Å². The molecule has 2 rings (SSSR count). The van der Waals surface area contributed by atoms with Gasteiger partial charge in [-0.15, -0.1) is 0 Å². The first-order valence-electron chi connectivity index (χ1n) is 5.80. The third-order valence-corrected chi connectivity index (χ3v) is 2.97. The number of rotatable bonds is 1. The Labute approximate surface area is 96.9 Å². The maximum absolute atomic E-state index is 5.90. The molecule has 1 aliphatic heterocycles. The van der Waals surface area contributed by atoms with Crippen molar-refractivity contribution in [3.63, 3.8) is 0 Å². The van der Waals surface area contributed by atoms with Crippen LogP contribution >= 0.6 is 0 Å². The van der Waals surface area contributed by atoms with E-state index < -0.39 is 0 Å². The molecule has 0 bridgehead atoms. The first-order chi connectivity index (χ1) is 7.47. The van der Waals surface area contributed by atoms with Gasteiger partial charge in [0.15, 0.2) is 0 Å². The Kier molecular flexibility index (Phi) is 2.84. The van der Waals surface area contributed by atoms with E-state index in [-0.39, 0.29) is 11.5 Å². The van der Waals surface area contributed by atoms with Gasteiger partial charge in [-0.25, -0.2) is 9.97 Å². The second-order valence-electron chi connectivity index (χ2n) is 5.51. The van der Waals surface area contributed by atoms with E-state index >= 15 is 0 Å². The number of nitrogens with two attached hydrogens (primary N) is 1. The molecule has 16 heavy (non-hydrogen) atoms. The van der Waals surface area contributed by atoms with Gasteiger partial charge in [0.05, 0.1) is 5.69 Å². The monoisotopic (exact) mass is 220 g/mol. The lowest BCUT2D eigenvalue weighted by atomic mass is 9.92. The smallest absolute Gasteiger partial charge is 0.132 e. The second kappa shape index (κ2) is 4.01. The molecule has 0 radical (unpaired) electrons. The van der Waals surface area contributed by atoms with Crippen molar-refractivity contribution in [3.8, 4) is 0 Å². The van der Waals surface area contributed by atoms with Gasteiger partial charge < -0.3 is 10.6 Å². The highest BCUT2D eigenvalue weighted by atomic mass is 15.2. The van der Waals surface area contributed by atoms with Crippen molar-refractivity contribution in [1.82, 2.24) is 9.97 Å². The number of hydrogen-bond donors (Lipinski definition) is 1. The second-order valence-corrected chi connectivity index (χ2v) is 5.51. The fourth-order valence-corrected chi connectivity index (χ4v) is 1.93. The molecule has 0 saturated carbocycles. The molecule has 4 heteroatoms. The van der Waals surface area contributed by atoms with Crippen molar-refractivity contribution >= 4 is 5.82 Å². The summed E-state index contributed by atoms with van der Waals surface area (Å²) in [5, 5.41) is 0. The molecule has 4 nitrogen and oxygen atoms in total. The largest absolute Gasteiger partial charge is 0.355 e. The molecule has 0 amide bonds. The van der Waals surface area contributed by atoms with Crippen LogP contribution in [-0.4, -0.2) is 29.1 Å². The molecule has 1 unspecified atom stereocenters. The molecule has 2 heterocycles. The maximum atomic E-state index is 5.90. The predicted molar refractivity (Wildman–Crippen MR) is 65.5 cm³/mol. The lowest BCUT2D eigenvalue weighted by molar-refractivity contribution is 0.566. The maximum Gasteiger partial charge on any atom is 0.132 e. The number of hydrogen-bond acceptors (Lipinski definition) is 4. The molecule has 0 aromatic carbocycles. The molecule has 0 aliphatic carbocycles. The van der Waals surface area contributed by atoms with Crippen molar-refractivity contribution in [2.24, 2.45) is 5.73 Å². The molecule has 1 aliphatic rings. The Hall–Kier alpha value is -1.16. The number of aromatic nitrogens is 2. The molecule has 1 atom stereocenters. The van der Waals surface area contributed by atoms with Gasteiger partial charge in [0.2, 0.25) is 0 Å². The van der Waals surface area contributed by atoms with Crippen molar-refractivity contribution in [3.05, 3.63) is 18.1 Å². The zero-order chi connectivity index (χ0) is 11.8. The molecule has 1 aromatic heterocycles. The zero-order valence-corrected chi connectivity index (χ0v) is 10.3. The highest BCUT2D eigenvalue weighted by Gasteiger charge is 2.22. The van der Waals surface area contributed by atoms with E-state index in [0.29, 0.717) is 0 Å². The molecular formula is C12H20N4.